The van der Waals surface area contributed by atoms with Crippen LogP contribution in [0.3, 0.4) is 0 Å². The van der Waals surface area contributed by atoms with E-state index in [1.165, 1.54) is 11.1 Å². The number of hydrogen-bond acceptors (Lipinski definition) is 1. The van der Waals surface area contributed by atoms with E-state index in [4.69, 9.17) is 0 Å². The number of aliphatic hydroxyl groups excluding tert-OH is 1. The van der Waals surface area contributed by atoms with Crippen LogP contribution in [0.5, 0.6) is 0 Å². The van der Waals surface area contributed by atoms with Crippen LogP contribution in [-0.4, -0.2) is 5.11 Å². The summed E-state index contributed by atoms with van der Waals surface area (Å²) in [6, 6.07) is 0. The van der Waals surface area contributed by atoms with Gasteiger partial charge in [-0.05, 0) is 62.3 Å². The Kier molecular flexibility index (Phi) is 8.93. The molecular formula is C23H32O. The molecule has 1 nitrogen and oxygen atoms in total. The maximum atomic E-state index is 10.4. The number of rotatable bonds is 7. The minimum absolute atomic E-state index is 0.323. The molecule has 0 amide bonds. The zero-order valence-corrected chi connectivity index (χ0v) is 15.9. The molecule has 1 heteroatoms. The van der Waals surface area contributed by atoms with Crippen molar-refractivity contribution < 1.29 is 5.11 Å². The van der Waals surface area contributed by atoms with Crippen molar-refractivity contribution in [2.45, 2.75) is 60.3 Å². The minimum atomic E-state index is 0.323. The fraction of sp³-hybridized carbons (Fsp3) is 0.391. The van der Waals surface area contributed by atoms with Gasteiger partial charge in [0.05, 0.1) is 0 Å². The Morgan fingerprint density at radius 1 is 1.12 bits per heavy atom. The van der Waals surface area contributed by atoms with E-state index < -0.39 is 0 Å². The fourth-order valence-electron chi connectivity index (χ4n) is 2.53. The fourth-order valence-corrected chi connectivity index (χ4v) is 2.53. The Bertz CT molecular complexity index is 625. The molecule has 0 radical (unpaired) electrons. The number of allylic oxidation sites excluding steroid dienone is 13. The summed E-state index contributed by atoms with van der Waals surface area (Å²) >= 11 is 0. The van der Waals surface area contributed by atoms with Crippen LogP contribution in [0.4, 0.5) is 0 Å². The van der Waals surface area contributed by atoms with Crippen molar-refractivity contribution in [2.75, 3.05) is 0 Å². The summed E-state index contributed by atoms with van der Waals surface area (Å²) in [5.41, 5.74) is 5.88. The van der Waals surface area contributed by atoms with Crippen LogP contribution in [-0.2, 0) is 0 Å². The molecule has 24 heavy (non-hydrogen) atoms. The van der Waals surface area contributed by atoms with E-state index >= 15 is 0 Å². The van der Waals surface area contributed by atoms with Gasteiger partial charge in [-0.1, -0.05) is 74.4 Å². The van der Waals surface area contributed by atoms with Crippen LogP contribution < -0.4 is 0 Å². The topological polar surface area (TPSA) is 20.2 Å². The molecule has 0 unspecified atom stereocenters. The average molecular weight is 325 g/mol. The van der Waals surface area contributed by atoms with Crippen LogP contribution >= 0.6 is 0 Å². The largest absolute Gasteiger partial charge is 0.508 e. The quantitative estimate of drug-likeness (QED) is 0.385. The van der Waals surface area contributed by atoms with Gasteiger partial charge in [0.1, 0.15) is 5.76 Å². The summed E-state index contributed by atoms with van der Waals surface area (Å²) in [6.07, 6.45) is 20.9. The summed E-state index contributed by atoms with van der Waals surface area (Å²) in [5.74, 6) is 0.323. The standard InChI is InChI=1S/C23H32O/c1-6-19(7-2)14-13-18(5)23(24)17-21(9-4)22-12-10-11-20(8-3)15-16-22/h9-10,12-17,24H,6-8,11H2,1-5H3/b18-13+,21-9+,23-17-. The SMILES string of the molecule is C\C=C(/C=C(O)/C(C)=C/C=C(CC)CC)C1=CC=C(CC)CC=C1. The lowest BCUT2D eigenvalue weighted by Gasteiger charge is -2.05. The molecule has 0 fully saturated rings. The van der Waals surface area contributed by atoms with Crippen molar-refractivity contribution in [3.05, 3.63) is 82.2 Å². The molecule has 0 saturated carbocycles. The Balaban J connectivity index is 3.04. The summed E-state index contributed by atoms with van der Waals surface area (Å²) in [5, 5.41) is 10.4. The van der Waals surface area contributed by atoms with E-state index in [1.807, 2.05) is 32.1 Å². The smallest absolute Gasteiger partial charge is 0.119 e. The molecule has 0 bridgehead atoms. The maximum Gasteiger partial charge on any atom is 0.119 e. The highest BCUT2D eigenvalue weighted by Crippen LogP contribution is 2.22. The summed E-state index contributed by atoms with van der Waals surface area (Å²) < 4.78 is 0. The van der Waals surface area contributed by atoms with E-state index in [9.17, 15) is 5.11 Å². The zero-order valence-electron chi connectivity index (χ0n) is 15.9. The second kappa shape index (κ2) is 10.7. The number of hydrogen-bond donors (Lipinski definition) is 1. The molecule has 0 aromatic heterocycles. The molecule has 1 aliphatic carbocycles. The molecular weight excluding hydrogens is 292 g/mol. The number of aliphatic hydroxyl groups is 1. The first-order chi connectivity index (χ1) is 11.5. The molecule has 0 aliphatic heterocycles. The second-order valence-corrected chi connectivity index (χ2v) is 6.06. The van der Waals surface area contributed by atoms with Gasteiger partial charge in [-0.15, -0.1) is 0 Å². The normalized spacial score (nSPS) is 16.5. The van der Waals surface area contributed by atoms with Gasteiger partial charge in [0.15, 0.2) is 0 Å². The van der Waals surface area contributed by atoms with Crippen molar-refractivity contribution >= 4 is 0 Å². The van der Waals surface area contributed by atoms with Crippen molar-refractivity contribution in [1.82, 2.24) is 0 Å². The van der Waals surface area contributed by atoms with Crippen LogP contribution in [0.25, 0.3) is 0 Å². The highest BCUT2D eigenvalue weighted by atomic mass is 16.3. The maximum absolute atomic E-state index is 10.4. The van der Waals surface area contributed by atoms with Crippen molar-refractivity contribution in [3.8, 4) is 0 Å². The molecule has 0 aromatic carbocycles. The second-order valence-electron chi connectivity index (χ2n) is 6.06. The lowest BCUT2D eigenvalue weighted by Crippen LogP contribution is -1.89. The zero-order chi connectivity index (χ0) is 17.9. The van der Waals surface area contributed by atoms with Gasteiger partial charge in [0, 0.05) is 0 Å². The molecule has 0 heterocycles. The first-order valence-corrected chi connectivity index (χ1v) is 9.05. The van der Waals surface area contributed by atoms with E-state index in [1.54, 1.807) is 0 Å². The van der Waals surface area contributed by atoms with Gasteiger partial charge in [-0.25, -0.2) is 0 Å². The highest BCUT2D eigenvalue weighted by molar-refractivity contribution is 5.51. The first kappa shape index (κ1) is 20.0. The van der Waals surface area contributed by atoms with E-state index in [0.717, 1.165) is 42.4 Å². The van der Waals surface area contributed by atoms with Crippen LogP contribution in [0.2, 0.25) is 0 Å². The van der Waals surface area contributed by atoms with Gasteiger partial charge < -0.3 is 5.11 Å². The summed E-state index contributed by atoms with van der Waals surface area (Å²) in [6.45, 7) is 10.5. The third-order valence-electron chi connectivity index (χ3n) is 4.45. The molecule has 0 aromatic rings. The molecule has 0 atom stereocenters. The van der Waals surface area contributed by atoms with Crippen LogP contribution in [0.1, 0.15) is 60.3 Å². The molecule has 0 saturated heterocycles. The monoisotopic (exact) mass is 324 g/mol. The Morgan fingerprint density at radius 2 is 1.83 bits per heavy atom. The van der Waals surface area contributed by atoms with Gasteiger partial charge in [-0.3, -0.25) is 0 Å². The molecule has 130 valence electrons. The van der Waals surface area contributed by atoms with Crippen molar-refractivity contribution in [3.63, 3.8) is 0 Å². The third-order valence-corrected chi connectivity index (χ3v) is 4.45. The van der Waals surface area contributed by atoms with Gasteiger partial charge in [0.25, 0.3) is 0 Å². The van der Waals surface area contributed by atoms with Crippen LogP contribution in [0, 0.1) is 0 Å². The average Bonchev–Trinajstić information content (AvgIpc) is 2.85. The Labute approximate surface area is 148 Å². The molecule has 1 rings (SSSR count). The predicted molar refractivity (Wildman–Crippen MR) is 107 cm³/mol. The lowest BCUT2D eigenvalue weighted by atomic mass is 10.0. The Hall–Kier alpha value is -2.02. The minimum Gasteiger partial charge on any atom is -0.508 e. The van der Waals surface area contributed by atoms with Crippen molar-refractivity contribution in [2.24, 2.45) is 0 Å². The highest BCUT2D eigenvalue weighted by Gasteiger charge is 2.04. The summed E-state index contributed by atoms with van der Waals surface area (Å²) in [4.78, 5) is 0. The van der Waals surface area contributed by atoms with Gasteiger partial charge in [0.2, 0.25) is 0 Å². The lowest BCUT2D eigenvalue weighted by molar-refractivity contribution is 0.423. The van der Waals surface area contributed by atoms with E-state index in [0.29, 0.717) is 5.76 Å². The predicted octanol–water partition coefficient (Wildman–Crippen LogP) is 7.29. The van der Waals surface area contributed by atoms with Gasteiger partial charge in [-0.2, -0.15) is 0 Å². The van der Waals surface area contributed by atoms with Gasteiger partial charge >= 0.3 is 0 Å². The molecule has 1 N–H and O–H groups in total. The summed E-state index contributed by atoms with van der Waals surface area (Å²) in [7, 11) is 0. The van der Waals surface area contributed by atoms with Crippen molar-refractivity contribution in [1.29, 1.82) is 0 Å². The van der Waals surface area contributed by atoms with E-state index in [2.05, 4.69) is 51.2 Å². The van der Waals surface area contributed by atoms with Crippen LogP contribution in [0.15, 0.2) is 82.2 Å². The first-order valence-electron chi connectivity index (χ1n) is 9.05. The third kappa shape index (κ3) is 6.23. The van der Waals surface area contributed by atoms with E-state index in [-0.39, 0.29) is 0 Å². The molecule has 0 spiro atoms. The Morgan fingerprint density at radius 3 is 2.42 bits per heavy atom. The molecule has 1 aliphatic rings.